The van der Waals surface area contributed by atoms with Crippen molar-refractivity contribution >= 4 is 10.0 Å². The van der Waals surface area contributed by atoms with Gasteiger partial charge in [-0.15, -0.1) is 0 Å². The largest absolute Gasteiger partial charge is 0.493 e. The van der Waals surface area contributed by atoms with Crippen molar-refractivity contribution in [3.8, 4) is 11.5 Å². The van der Waals surface area contributed by atoms with Gasteiger partial charge in [-0.2, -0.15) is 4.31 Å². The lowest BCUT2D eigenvalue weighted by atomic mass is 10.3. The summed E-state index contributed by atoms with van der Waals surface area (Å²) in [6.07, 6.45) is 1.94. The molecule has 0 spiro atoms. The number of hydrogen-bond donors (Lipinski definition) is 0. The second-order valence-electron chi connectivity index (χ2n) is 5.62. The zero-order chi connectivity index (χ0) is 16.9. The molecule has 2 rings (SSSR count). The average Bonchev–Trinajstić information content (AvgIpc) is 2.80. The third-order valence-corrected chi connectivity index (χ3v) is 5.97. The molecule has 0 aromatic heterocycles. The number of sulfonamides is 1. The quantitative estimate of drug-likeness (QED) is 0.789. The molecular formula is C16H26N2O4S. The van der Waals surface area contributed by atoms with Gasteiger partial charge in [0.1, 0.15) is 0 Å². The van der Waals surface area contributed by atoms with Crippen LogP contribution in [0.4, 0.5) is 0 Å². The van der Waals surface area contributed by atoms with E-state index in [9.17, 15) is 8.42 Å². The van der Waals surface area contributed by atoms with Crippen LogP contribution in [0.15, 0.2) is 23.1 Å². The van der Waals surface area contributed by atoms with Gasteiger partial charge in [0.2, 0.25) is 10.0 Å². The Bertz CT molecular complexity index is 619. The molecule has 0 N–H and O–H groups in total. The lowest BCUT2D eigenvalue weighted by molar-refractivity contribution is 0.287. The minimum atomic E-state index is -3.51. The predicted octanol–water partition coefficient (Wildman–Crippen LogP) is 1.81. The predicted molar refractivity (Wildman–Crippen MR) is 89.7 cm³/mol. The van der Waals surface area contributed by atoms with E-state index in [4.69, 9.17) is 9.47 Å². The molecule has 1 aliphatic heterocycles. The number of methoxy groups -OCH3 is 2. The van der Waals surface area contributed by atoms with Crippen molar-refractivity contribution in [3.05, 3.63) is 18.2 Å². The van der Waals surface area contributed by atoms with Gasteiger partial charge < -0.3 is 14.4 Å². The van der Waals surface area contributed by atoms with Crippen LogP contribution >= 0.6 is 0 Å². The van der Waals surface area contributed by atoms with E-state index in [1.54, 1.807) is 16.4 Å². The molecule has 1 heterocycles. The first-order chi connectivity index (χ1) is 11.0. The van der Waals surface area contributed by atoms with Gasteiger partial charge >= 0.3 is 0 Å². The highest BCUT2D eigenvalue weighted by Gasteiger charge is 2.27. The summed E-state index contributed by atoms with van der Waals surface area (Å²) in [5, 5.41) is 0. The van der Waals surface area contributed by atoms with Crippen LogP contribution in [0.1, 0.15) is 19.8 Å². The van der Waals surface area contributed by atoms with E-state index in [-0.39, 0.29) is 4.90 Å². The Morgan fingerprint density at radius 2 is 1.78 bits per heavy atom. The highest BCUT2D eigenvalue weighted by molar-refractivity contribution is 7.89. The molecule has 0 unspecified atom stereocenters. The summed E-state index contributed by atoms with van der Waals surface area (Å²) in [5.74, 6) is 0.951. The first kappa shape index (κ1) is 18.0. The van der Waals surface area contributed by atoms with E-state index >= 15 is 0 Å². The van der Waals surface area contributed by atoms with Gasteiger partial charge in [-0.1, -0.05) is 6.92 Å². The van der Waals surface area contributed by atoms with Crippen molar-refractivity contribution in [2.24, 2.45) is 0 Å². The van der Waals surface area contributed by atoms with Crippen LogP contribution in [-0.4, -0.2) is 64.6 Å². The first-order valence-electron chi connectivity index (χ1n) is 7.97. The standard InChI is InChI=1S/C16H26N2O4S/c1-4-8-17-9-5-10-18(12-11-17)23(19,20)14-6-7-15(21-2)16(13-14)22-3/h6-7,13H,4-5,8-12H2,1-3H3. The number of ether oxygens (including phenoxy) is 2. The van der Waals surface area contributed by atoms with Gasteiger partial charge in [0, 0.05) is 25.7 Å². The third kappa shape index (κ3) is 4.16. The highest BCUT2D eigenvalue weighted by Crippen LogP contribution is 2.30. The maximum Gasteiger partial charge on any atom is 0.243 e. The number of rotatable bonds is 6. The molecule has 130 valence electrons. The molecule has 6 nitrogen and oxygen atoms in total. The summed E-state index contributed by atoms with van der Waals surface area (Å²) in [6, 6.07) is 4.74. The fraction of sp³-hybridized carbons (Fsp3) is 0.625. The Kier molecular flexibility index (Phi) is 6.26. The van der Waals surface area contributed by atoms with Gasteiger partial charge in [-0.05, 0) is 38.1 Å². The molecule has 1 saturated heterocycles. The normalized spacial score (nSPS) is 17.7. The Balaban J connectivity index is 2.21. The Labute approximate surface area is 139 Å². The summed E-state index contributed by atoms with van der Waals surface area (Å²) in [5.41, 5.74) is 0. The second-order valence-corrected chi connectivity index (χ2v) is 7.55. The van der Waals surface area contributed by atoms with E-state index < -0.39 is 10.0 Å². The molecule has 0 radical (unpaired) electrons. The molecule has 0 atom stereocenters. The summed E-state index contributed by atoms with van der Waals surface area (Å²) in [6.45, 7) is 5.97. The minimum Gasteiger partial charge on any atom is -0.493 e. The zero-order valence-electron chi connectivity index (χ0n) is 14.1. The fourth-order valence-electron chi connectivity index (χ4n) is 2.85. The van der Waals surface area contributed by atoms with Gasteiger partial charge in [0.25, 0.3) is 0 Å². The van der Waals surface area contributed by atoms with E-state index in [0.29, 0.717) is 24.6 Å². The highest BCUT2D eigenvalue weighted by atomic mass is 32.2. The fourth-order valence-corrected chi connectivity index (χ4v) is 4.34. The molecule has 1 aliphatic rings. The molecule has 0 aliphatic carbocycles. The smallest absolute Gasteiger partial charge is 0.243 e. The molecule has 23 heavy (non-hydrogen) atoms. The van der Waals surface area contributed by atoms with E-state index in [1.165, 1.54) is 20.3 Å². The number of benzene rings is 1. The van der Waals surface area contributed by atoms with Crippen LogP contribution < -0.4 is 9.47 Å². The van der Waals surface area contributed by atoms with Gasteiger partial charge in [-0.3, -0.25) is 0 Å². The van der Waals surface area contributed by atoms with Crippen LogP contribution in [-0.2, 0) is 10.0 Å². The summed E-state index contributed by atoms with van der Waals surface area (Å²) in [4.78, 5) is 2.57. The lowest BCUT2D eigenvalue weighted by Gasteiger charge is -2.21. The SMILES string of the molecule is CCCN1CCCN(S(=O)(=O)c2ccc(OC)c(OC)c2)CC1. The van der Waals surface area contributed by atoms with E-state index in [1.807, 2.05) is 0 Å². The maximum atomic E-state index is 12.9. The molecular weight excluding hydrogens is 316 g/mol. The molecule has 1 fully saturated rings. The van der Waals surface area contributed by atoms with Crippen molar-refractivity contribution in [1.29, 1.82) is 0 Å². The van der Waals surface area contributed by atoms with Crippen LogP contribution in [0.25, 0.3) is 0 Å². The molecule has 0 saturated carbocycles. The van der Waals surface area contributed by atoms with Crippen LogP contribution in [0, 0.1) is 0 Å². The van der Waals surface area contributed by atoms with Crippen LogP contribution in [0.2, 0.25) is 0 Å². The molecule has 1 aromatic carbocycles. The van der Waals surface area contributed by atoms with Crippen LogP contribution in [0.5, 0.6) is 11.5 Å². The number of nitrogens with zero attached hydrogens (tertiary/aromatic N) is 2. The van der Waals surface area contributed by atoms with Crippen molar-refractivity contribution in [2.45, 2.75) is 24.7 Å². The molecule has 0 bridgehead atoms. The Hall–Kier alpha value is -1.31. The topological polar surface area (TPSA) is 59.1 Å². The van der Waals surface area contributed by atoms with E-state index in [0.717, 1.165) is 32.5 Å². The molecule has 7 heteroatoms. The van der Waals surface area contributed by atoms with Crippen molar-refractivity contribution in [2.75, 3.05) is 46.9 Å². The zero-order valence-corrected chi connectivity index (χ0v) is 14.9. The maximum absolute atomic E-state index is 12.9. The summed E-state index contributed by atoms with van der Waals surface area (Å²) >= 11 is 0. The van der Waals surface area contributed by atoms with E-state index in [2.05, 4.69) is 11.8 Å². The Morgan fingerprint density at radius 3 is 2.43 bits per heavy atom. The second kappa shape index (κ2) is 7.99. The van der Waals surface area contributed by atoms with Crippen LogP contribution in [0.3, 0.4) is 0 Å². The number of hydrogen-bond acceptors (Lipinski definition) is 5. The molecule has 0 amide bonds. The van der Waals surface area contributed by atoms with Crippen molar-refractivity contribution < 1.29 is 17.9 Å². The Morgan fingerprint density at radius 1 is 1.04 bits per heavy atom. The third-order valence-electron chi connectivity index (χ3n) is 4.08. The summed E-state index contributed by atoms with van der Waals surface area (Å²) < 4.78 is 37.7. The van der Waals surface area contributed by atoms with Gasteiger partial charge in [-0.25, -0.2) is 8.42 Å². The van der Waals surface area contributed by atoms with Gasteiger partial charge in [0.15, 0.2) is 11.5 Å². The summed E-state index contributed by atoms with van der Waals surface area (Å²) in [7, 11) is -0.477. The lowest BCUT2D eigenvalue weighted by Crippen LogP contribution is -2.35. The first-order valence-corrected chi connectivity index (χ1v) is 9.41. The molecule has 1 aromatic rings. The van der Waals surface area contributed by atoms with Crippen molar-refractivity contribution in [1.82, 2.24) is 9.21 Å². The monoisotopic (exact) mass is 342 g/mol. The van der Waals surface area contributed by atoms with Gasteiger partial charge in [0.05, 0.1) is 19.1 Å². The minimum absolute atomic E-state index is 0.249. The van der Waals surface area contributed by atoms with Crippen molar-refractivity contribution in [3.63, 3.8) is 0 Å². The average molecular weight is 342 g/mol.